The lowest BCUT2D eigenvalue weighted by Gasteiger charge is -2.41. The summed E-state index contributed by atoms with van der Waals surface area (Å²) in [4.78, 5) is 29.9. The standard InChI is InChI=1S/C27H37FN4O6/c1-16-13-22(24(34)27(37-4)38-16)32(2)12-11-23(33)31-21(14-28)25(36-3)18-7-5-17(6-8-18)19-9-10-20(26(29)35)30-15-19/h5-10,15-16,21-22,24-25,27,34H,11-14H2,1-4H3,(H2,29,35)(H,31,33)/t16-,21-,22+,24?,25-,27-/m1/s1. The number of hydrogen-bond donors (Lipinski definition) is 3. The van der Waals surface area contributed by atoms with Gasteiger partial charge in [-0.25, -0.2) is 4.39 Å². The zero-order valence-electron chi connectivity index (χ0n) is 22.2. The maximum atomic E-state index is 14.0. The van der Waals surface area contributed by atoms with E-state index in [0.29, 0.717) is 18.5 Å². The molecule has 1 aromatic heterocycles. The van der Waals surface area contributed by atoms with E-state index >= 15 is 0 Å². The van der Waals surface area contributed by atoms with Crippen LogP contribution in [0.2, 0.25) is 0 Å². The number of pyridine rings is 1. The van der Waals surface area contributed by atoms with Gasteiger partial charge in [0, 0.05) is 45.0 Å². The van der Waals surface area contributed by atoms with E-state index in [4.69, 9.17) is 19.9 Å². The van der Waals surface area contributed by atoms with Crippen LogP contribution >= 0.6 is 0 Å². The highest BCUT2D eigenvalue weighted by molar-refractivity contribution is 5.91. The summed E-state index contributed by atoms with van der Waals surface area (Å²) in [6.07, 6.45) is -0.102. The third kappa shape index (κ3) is 7.33. The number of aromatic nitrogens is 1. The maximum absolute atomic E-state index is 14.0. The summed E-state index contributed by atoms with van der Waals surface area (Å²) in [5.41, 5.74) is 7.74. The molecule has 10 nitrogen and oxygen atoms in total. The number of nitrogens with one attached hydrogen (secondary N) is 1. The molecule has 0 aliphatic carbocycles. The number of rotatable bonds is 12. The molecule has 6 atom stereocenters. The molecule has 2 aromatic rings. The molecule has 0 bridgehead atoms. The Kier molecular flexibility index (Phi) is 10.7. The van der Waals surface area contributed by atoms with Gasteiger partial charge in [0.15, 0.2) is 6.29 Å². The molecule has 1 fully saturated rings. The van der Waals surface area contributed by atoms with Crippen molar-refractivity contribution < 1.29 is 33.3 Å². The summed E-state index contributed by atoms with van der Waals surface area (Å²) in [7, 11) is 4.77. The molecule has 11 heteroatoms. The molecule has 1 aliphatic heterocycles. The van der Waals surface area contributed by atoms with Crippen LogP contribution in [0.3, 0.4) is 0 Å². The van der Waals surface area contributed by atoms with Crippen LogP contribution in [-0.2, 0) is 19.0 Å². The van der Waals surface area contributed by atoms with Gasteiger partial charge >= 0.3 is 0 Å². The molecule has 1 saturated heterocycles. The van der Waals surface area contributed by atoms with Crippen LogP contribution in [0.25, 0.3) is 11.1 Å². The Morgan fingerprint density at radius 3 is 2.47 bits per heavy atom. The monoisotopic (exact) mass is 532 g/mol. The molecule has 1 aliphatic rings. The third-order valence-corrected chi connectivity index (χ3v) is 6.82. The van der Waals surface area contributed by atoms with Crippen LogP contribution in [-0.4, -0.2) is 91.9 Å². The van der Waals surface area contributed by atoms with E-state index in [1.807, 2.05) is 31.0 Å². The van der Waals surface area contributed by atoms with Gasteiger partial charge in [-0.3, -0.25) is 14.6 Å². The van der Waals surface area contributed by atoms with E-state index in [1.165, 1.54) is 14.2 Å². The van der Waals surface area contributed by atoms with Crippen molar-refractivity contribution in [3.63, 3.8) is 0 Å². The minimum atomic E-state index is -0.883. The van der Waals surface area contributed by atoms with Gasteiger partial charge < -0.3 is 35.3 Å². The Labute approximate surface area is 222 Å². The molecule has 3 rings (SSSR count). The number of nitrogens with zero attached hydrogens (tertiary/aromatic N) is 2. The molecule has 0 radical (unpaired) electrons. The average molecular weight is 533 g/mol. The number of ether oxygens (including phenoxy) is 3. The molecule has 2 amide bonds. The fraction of sp³-hybridized carbons (Fsp3) is 0.519. The minimum absolute atomic E-state index is 0.0971. The summed E-state index contributed by atoms with van der Waals surface area (Å²) in [5, 5.41) is 13.3. The Bertz CT molecular complexity index is 1050. The van der Waals surface area contributed by atoms with Crippen LogP contribution < -0.4 is 11.1 Å². The number of nitrogens with two attached hydrogens (primary N) is 1. The summed E-state index contributed by atoms with van der Waals surface area (Å²) in [6.45, 7) is 1.46. The highest BCUT2D eigenvalue weighted by Gasteiger charge is 2.38. The molecule has 4 N–H and O–H groups in total. The first-order chi connectivity index (χ1) is 18.2. The number of benzene rings is 1. The fourth-order valence-corrected chi connectivity index (χ4v) is 4.69. The normalized spacial score (nSPS) is 23.1. The molecule has 38 heavy (non-hydrogen) atoms. The van der Waals surface area contributed by atoms with Gasteiger partial charge in [-0.15, -0.1) is 0 Å². The number of amides is 2. The third-order valence-electron chi connectivity index (χ3n) is 6.82. The van der Waals surface area contributed by atoms with E-state index in [1.54, 1.807) is 30.5 Å². The highest BCUT2D eigenvalue weighted by Crippen LogP contribution is 2.26. The number of carbonyl (C=O) groups excluding carboxylic acids is 2. The van der Waals surface area contributed by atoms with Crippen molar-refractivity contribution in [1.82, 2.24) is 15.2 Å². The molecule has 0 spiro atoms. The summed E-state index contributed by atoms with van der Waals surface area (Å²) >= 11 is 0. The lowest BCUT2D eigenvalue weighted by molar-refractivity contribution is -0.243. The number of aliphatic hydroxyl groups is 1. The smallest absolute Gasteiger partial charge is 0.267 e. The zero-order valence-corrected chi connectivity index (χ0v) is 22.2. The molecule has 208 valence electrons. The van der Waals surface area contributed by atoms with Gasteiger partial charge in [-0.2, -0.15) is 0 Å². The van der Waals surface area contributed by atoms with Gasteiger partial charge in [0.05, 0.1) is 12.1 Å². The molecule has 0 saturated carbocycles. The van der Waals surface area contributed by atoms with Crippen LogP contribution in [0.5, 0.6) is 0 Å². The van der Waals surface area contributed by atoms with Crippen LogP contribution in [0, 0.1) is 0 Å². The number of carbonyl (C=O) groups is 2. The summed E-state index contributed by atoms with van der Waals surface area (Å²) < 4.78 is 30.4. The minimum Gasteiger partial charge on any atom is -0.386 e. The van der Waals surface area contributed by atoms with Crippen molar-refractivity contribution in [2.45, 2.75) is 56.5 Å². The topological polar surface area (TPSA) is 136 Å². The molecule has 1 unspecified atom stereocenters. The van der Waals surface area contributed by atoms with Crippen molar-refractivity contribution >= 4 is 11.8 Å². The second-order valence-corrected chi connectivity index (χ2v) is 9.48. The predicted octanol–water partition coefficient (Wildman–Crippen LogP) is 1.82. The first-order valence-electron chi connectivity index (χ1n) is 12.5. The van der Waals surface area contributed by atoms with E-state index in [0.717, 1.165) is 11.1 Å². The summed E-state index contributed by atoms with van der Waals surface area (Å²) in [5.74, 6) is -0.923. The number of likely N-dealkylation sites (N-methyl/N-ethyl adjacent to an activating group) is 1. The van der Waals surface area contributed by atoms with Crippen molar-refractivity contribution in [3.05, 3.63) is 53.9 Å². The molecule has 2 heterocycles. The molecular formula is C27H37FN4O6. The first kappa shape index (κ1) is 29.6. The lowest BCUT2D eigenvalue weighted by Crippen LogP contribution is -2.55. The second kappa shape index (κ2) is 13.7. The number of halogens is 1. The van der Waals surface area contributed by atoms with Crippen LogP contribution in [0.1, 0.15) is 41.9 Å². The fourth-order valence-electron chi connectivity index (χ4n) is 4.69. The first-order valence-corrected chi connectivity index (χ1v) is 12.5. The van der Waals surface area contributed by atoms with Crippen LogP contribution in [0.15, 0.2) is 42.6 Å². The largest absolute Gasteiger partial charge is 0.386 e. The predicted molar refractivity (Wildman–Crippen MR) is 139 cm³/mol. The van der Waals surface area contributed by atoms with Crippen molar-refractivity contribution in [2.75, 3.05) is 34.5 Å². The van der Waals surface area contributed by atoms with Crippen LogP contribution in [0.4, 0.5) is 4.39 Å². The Morgan fingerprint density at radius 1 is 1.24 bits per heavy atom. The highest BCUT2D eigenvalue weighted by atomic mass is 19.1. The Morgan fingerprint density at radius 2 is 1.92 bits per heavy atom. The van der Waals surface area contributed by atoms with Gasteiger partial charge in [-0.05, 0) is 37.6 Å². The number of aliphatic hydroxyl groups excluding tert-OH is 1. The van der Waals surface area contributed by atoms with E-state index in [9.17, 15) is 19.1 Å². The Balaban J connectivity index is 1.59. The molecule has 1 aromatic carbocycles. The van der Waals surface area contributed by atoms with E-state index in [-0.39, 0.29) is 30.2 Å². The molecular weight excluding hydrogens is 495 g/mol. The summed E-state index contributed by atoms with van der Waals surface area (Å²) in [6, 6.07) is 9.45. The van der Waals surface area contributed by atoms with Gasteiger partial charge in [0.25, 0.3) is 5.91 Å². The van der Waals surface area contributed by atoms with Crippen molar-refractivity contribution in [3.8, 4) is 11.1 Å². The number of methoxy groups -OCH3 is 2. The van der Waals surface area contributed by atoms with Gasteiger partial charge in [0.2, 0.25) is 5.91 Å². The van der Waals surface area contributed by atoms with Gasteiger partial charge in [-0.1, -0.05) is 30.3 Å². The number of hydrogen-bond acceptors (Lipinski definition) is 8. The van der Waals surface area contributed by atoms with Crippen molar-refractivity contribution in [1.29, 1.82) is 0 Å². The van der Waals surface area contributed by atoms with Gasteiger partial charge in [0.1, 0.15) is 24.6 Å². The van der Waals surface area contributed by atoms with E-state index in [2.05, 4.69) is 10.3 Å². The second-order valence-electron chi connectivity index (χ2n) is 9.48. The quantitative estimate of drug-likeness (QED) is 0.377. The number of alkyl halides is 1. The zero-order chi connectivity index (χ0) is 27.8. The SMILES string of the molecule is CO[C@@H]1O[C@H](C)C[C@H](N(C)CCC(=O)N[C@H](CF)[C@H](OC)c2ccc(-c3ccc(C(N)=O)nc3)cc2)C1O. The number of primary amides is 1. The van der Waals surface area contributed by atoms with Crippen molar-refractivity contribution in [2.24, 2.45) is 5.73 Å². The maximum Gasteiger partial charge on any atom is 0.267 e. The lowest BCUT2D eigenvalue weighted by atomic mass is 9.98. The average Bonchev–Trinajstić information content (AvgIpc) is 2.92. The Hall–Kier alpha value is -2.96. The van der Waals surface area contributed by atoms with E-state index < -0.39 is 37.1 Å².